The summed E-state index contributed by atoms with van der Waals surface area (Å²) in [5.41, 5.74) is 11.6. The van der Waals surface area contributed by atoms with E-state index in [1.165, 1.54) is 22.4 Å². The van der Waals surface area contributed by atoms with Gasteiger partial charge in [-0.25, -0.2) is 4.98 Å². The third-order valence-corrected chi connectivity index (χ3v) is 3.97. The Morgan fingerprint density at radius 2 is 2.17 bits per heavy atom. The Labute approximate surface area is 110 Å². The lowest BCUT2D eigenvalue weighted by molar-refractivity contribution is 1.02. The summed E-state index contributed by atoms with van der Waals surface area (Å²) in [5.74, 6) is 0. The first-order valence-corrected chi connectivity index (χ1v) is 6.80. The lowest BCUT2D eigenvalue weighted by Gasteiger charge is -2.05. The molecule has 0 atom stereocenters. The van der Waals surface area contributed by atoms with Crippen LogP contribution in [-0.4, -0.2) is 9.38 Å². The Morgan fingerprint density at radius 3 is 2.89 bits per heavy atom. The molecule has 0 saturated carbocycles. The standard InChI is InChI=1S/C14H15N3S/c1-9-3-4-12(10(2)5-9)13-8-18-14-16-11(6-15)7-17(13)14/h3-5,7-8H,6,15H2,1-2H3. The SMILES string of the molecule is Cc1ccc(-c2csc3nc(CN)cn23)c(C)c1. The number of aromatic nitrogens is 2. The molecular formula is C14H15N3S. The van der Waals surface area contributed by atoms with Gasteiger partial charge in [0, 0.05) is 23.7 Å². The molecule has 3 aromatic rings. The van der Waals surface area contributed by atoms with Gasteiger partial charge in [-0.1, -0.05) is 23.8 Å². The summed E-state index contributed by atoms with van der Waals surface area (Å²) in [6, 6.07) is 6.53. The summed E-state index contributed by atoms with van der Waals surface area (Å²) in [7, 11) is 0. The van der Waals surface area contributed by atoms with E-state index in [2.05, 4.69) is 46.8 Å². The number of fused-ring (bicyclic) bond motifs is 1. The van der Waals surface area contributed by atoms with Gasteiger partial charge in [-0.15, -0.1) is 11.3 Å². The van der Waals surface area contributed by atoms with Crippen LogP contribution in [0, 0.1) is 13.8 Å². The molecule has 3 nitrogen and oxygen atoms in total. The molecule has 92 valence electrons. The zero-order chi connectivity index (χ0) is 12.7. The minimum Gasteiger partial charge on any atom is -0.325 e. The molecule has 4 heteroatoms. The molecule has 2 N–H and O–H groups in total. The summed E-state index contributed by atoms with van der Waals surface area (Å²) in [6.45, 7) is 4.75. The van der Waals surface area contributed by atoms with Crippen molar-refractivity contribution < 1.29 is 0 Å². The van der Waals surface area contributed by atoms with Crippen LogP contribution in [0.1, 0.15) is 16.8 Å². The van der Waals surface area contributed by atoms with Gasteiger partial charge < -0.3 is 5.73 Å². The Morgan fingerprint density at radius 1 is 1.33 bits per heavy atom. The van der Waals surface area contributed by atoms with Crippen molar-refractivity contribution in [1.82, 2.24) is 9.38 Å². The number of nitrogens with zero attached hydrogens (tertiary/aromatic N) is 2. The van der Waals surface area contributed by atoms with Crippen molar-refractivity contribution in [2.24, 2.45) is 5.73 Å². The fraction of sp³-hybridized carbons (Fsp3) is 0.214. The second-order valence-corrected chi connectivity index (χ2v) is 5.36. The van der Waals surface area contributed by atoms with Gasteiger partial charge in [0.25, 0.3) is 0 Å². The fourth-order valence-electron chi connectivity index (χ4n) is 2.22. The van der Waals surface area contributed by atoms with E-state index in [-0.39, 0.29) is 0 Å². The van der Waals surface area contributed by atoms with Crippen LogP contribution >= 0.6 is 11.3 Å². The van der Waals surface area contributed by atoms with Crippen molar-refractivity contribution in [2.45, 2.75) is 20.4 Å². The van der Waals surface area contributed by atoms with Gasteiger partial charge in [0.1, 0.15) is 0 Å². The Hall–Kier alpha value is -1.65. The van der Waals surface area contributed by atoms with Gasteiger partial charge in [-0.05, 0) is 19.4 Å². The summed E-state index contributed by atoms with van der Waals surface area (Å²) >= 11 is 1.65. The predicted molar refractivity (Wildman–Crippen MR) is 75.9 cm³/mol. The molecule has 3 rings (SSSR count). The van der Waals surface area contributed by atoms with Crippen LogP contribution in [0.2, 0.25) is 0 Å². The number of aryl methyl sites for hydroxylation is 2. The number of rotatable bonds is 2. The van der Waals surface area contributed by atoms with Crippen molar-refractivity contribution in [2.75, 3.05) is 0 Å². The van der Waals surface area contributed by atoms with Crippen molar-refractivity contribution in [1.29, 1.82) is 0 Å². The first-order valence-electron chi connectivity index (χ1n) is 5.92. The summed E-state index contributed by atoms with van der Waals surface area (Å²) in [5, 5.41) is 2.15. The third kappa shape index (κ3) is 1.74. The van der Waals surface area contributed by atoms with E-state index >= 15 is 0 Å². The number of imidazole rings is 1. The van der Waals surface area contributed by atoms with Crippen LogP contribution in [0.25, 0.3) is 16.2 Å². The van der Waals surface area contributed by atoms with Gasteiger partial charge in [0.15, 0.2) is 4.96 Å². The molecule has 0 spiro atoms. The van der Waals surface area contributed by atoms with Crippen LogP contribution in [-0.2, 0) is 6.54 Å². The first kappa shape index (κ1) is 11.4. The average molecular weight is 257 g/mol. The van der Waals surface area contributed by atoms with E-state index in [4.69, 9.17) is 5.73 Å². The Balaban J connectivity index is 2.21. The van der Waals surface area contributed by atoms with E-state index in [1.807, 2.05) is 6.20 Å². The van der Waals surface area contributed by atoms with Crippen LogP contribution in [0.5, 0.6) is 0 Å². The smallest absolute Gasteiger partial charge is 0.194 e. The average Bonchev–Trinajstić information content (AvgIpc) is 2.89. The van der Waals surface area contributed by atoms with Crippen molar-refractivity contribution in [3.8, 4) is 11.3 Å². The van der Waals surface area contributed by atoms with Gasteiger partial charge in [0.2, 0.25) is 0 Å². The molecule has 0 bridgehead atoms. The number of nitrogens with two attached hydrogens (primary N) is 1. The number of benzene rings is 1. The van der Waals surface area contributed by atoms with Gasteiger partial charge >= 0.3 is 0 Å². The van der Waals surface area contributed by atoms with Gasteiger partial charge in [-0.2, -0.15) is 0 Å². The highest BCUT2D eigenvalue weighted by Gasteiger charge is 2.10. The predicted octanol–water partition coefficient (Wildman–Crippen LogP) is 3.14. The highest BCUT2D eigenvalue weighted by atomic mass is 32.1. The Bertz CT molecular complexity index is 709. The number of thiazole rings is 1. The fourth-order valence-corrected chi connectivity index (χ4v) is 3.12. The van der Waals surface area contributed by atoms with E-state index in [9.17, 15) is 0 Å². The summed E-state index contributed by atoms with van der Waals surface area (Å²) in [6.07, 6.45) is 2.03. The van der Waals surface area contributed by atoms with Crippen LogP contribution in [0.4, 0.5) is 0 Å². The minimum atomic E-state index is 0.487. The topological polar surface area (TPSA) is 43.3 Å². The second-order valence-electron chi connectivity index (χ2n) is 4.53. The quantitative estimate of drug-likeness (QED) is 0.766. The molecule has 0 fully saturated rings. The molecule has 0 aliphatic carbocycles. The highest BCUT2D eigenvalue weighted by molar-refractivity contribution is 7.15. The summed E-state index contributed by atoms with van der Waals surface area (Å²) < 4.78 is 2.13. The van der Waals surface area contributed by atoms with E-state index < -0.39 is 0 Å². The van der Waals surface area contributed by atoms with E-state index in [0.29, 0.717) is 6.54 Å². The van der Waals surface area contributed by atoms with Crippen LogP contribution < -0.4 is 5.73 Å². The van der Waals surface area contributed by atoms with Crippen LogP contribution in [0.3, 0.4) is 0 Å². The zero-order valence-electron chi connectivity index (χ0n) is 10.5. The van der Waals surface area contributed by atoms with Crippen molar-refractivity contribution in [3.05, 3.63) is 46.6 Å². The largest absolute Gasteiger partial charge is 0.325 e. The molecule has 2 aromatic heterocycles. The number of hydrogen-bond donors (Lipinski definition) is 1. The lowest BCUT2D eigenvalue weighted by Crippen LogP contribution is -1.95. The molecule has 0 unspecified atom stereocenters. The zero-order valence-corrected chi connectivity index (χ0v) is 11.3. The highest BCUT2D eigenvalue weighted by Crippen LogP contribution is 2.29. The van der Waals surface area contributed by atoms with Crippen molar-refractivity contribution >= 4 is 16.3 Å². The maximum atomic E-state index is 5.64. The maximum Gasteiger partial charge on any atom is 0.194 e. The molecule has 18 heavy (non-hydrogen) atoms. The molecule has 0 aliphatic rings. The van der Waals surface area contributed by atoms with Gasteiger partial charge in [-0.3, -0.25) is 4.40 Å². The molecule has 1 aromatic carbocycles. The number of hydrogen-bond acceptors (Lipinski definition) is 3. The molecule has 0 amide bonds. The van der Waals surface area contributed by atoms with Crippen molar-refractivity contribution in [3.63, 3.8) is 0 Å². The van der Waals surface area contributed by atoms with Gasteiger partial charge in [0.05, 0.1) is 11.4 Å². The first-order chi connectivity index (χ1) is 8.69. The molecule has 0 radical (unpaired) electrons. The normalized spacial score (nSPS) is 11.3. The summed E-state index contributed by atoms with van der Waals surface area (Å²) in [4.78, 5) is 5.49. The van der Waals surface area contributed by atoms with Crippen LogP contribution in [0.15, 0.2) is 29.8 Å². The molecular weight excluding hydrogens is 242 g/mol. The monoisotopic (exact) mass is 257 g/mol. The molecule has 2 heterocycles. The third-order valence-electron chi connectivity index (χ3n) is 3.13. The molecule has 0 saturated heterocycles. The van der Waals surface area contributed by atoms with E-state index in [0.717, 1.165) is 10.7 Å². The second kappa shape index (κ2) is 4.23. The lowest BCUT2D eigenvalue weighted by atomic mass is 10.0. The maximum absolute atomic E-state index is 5.64. The van der Waals surface area contributed by atoms with E-state index in [1.54, 1.807) is 11.3 Å². The minimum absolute atomic E-state index is 0.487. The molecule has 0 aliphatic heterocycles. The Kier molecular flexibility index (Phi) is 2.69.